The molecule has 0 heterocycles. The minimum Gasteiger partial charge on any atom is -0.488 e. The van der Waals surface area contributed by atoms with Crippen molar-refractivity contribution in [2.75, 3.05) is 26.1 Å². The Balaban J connectivity index is 1.81. The van der Waals surface area contributed by atoms with E-state index in [9.17, 15) is 19.2 Å². The molecule has 0 saturated carbocycles. The van der Waals surface area contributed by atoms with E-state index in [1.807, 2.05) is 60.7 Å². The van der Waals surface area contributed by atoms with Crippen LogP contribution in [-0.2, 0) is 27.4 Å². The molecule has 0 atom stereocenters. The molecule has 4 aromatic carbocycles. The second-order valence-corrected chi connectivity index (χ2v) is 9.28. The summed E-state index contributed by atoms with van der Waals surface area (Å²) in [4.78, 5) is 52.1. The zero-order chi connectivity index (χ0) is 31.5. The molecule has 10 nitrogen and oxygen atoms in total. The maximum atomic E-state index is 13.9. The molecule has 0 bridgehead atoms. The molecule has 0 radical (unpaired) electrons. The van der Waals surface area contributed by atoms with E-state index in [0.29, 0.717) is 0 Å². The topological polar surface area (TPSA) is 126 Å². The van der Waals surface area contributed by atoms with E-state index >= 15 is 0 Å². The molecule has 0 aliphatic carbocycles. The molecule has 4 rings (SSSR count). The first-order valence-electron chi connectivity index (χ1n) is 13.7. The van der Waals surface area contributed by atoms with Crippen molar-refractivity contribution in [1.29, 1.82) is 0 Å². The van der Waals surface area contributed by atoms with Crippen molar-refractivity contribution in [1.82, 2.24) is 0 Å². The number of hydrogen-bond acceptors (Lipinski definition) is 9. The van der Waals surface area contributed by atoms with Gasteiger partial charge in [-0.05, 0) is 42.3 Å². The Morgan fingerprint density at radius 1 is 0.591 bits per heavy atom. The smallest absolute Gasteiger partial charge is 0.342 e. The van der Waals surface area contributed by atoms with Crippen molar-refractivity contribution < 1.29 is 42.9 Å². The summed E-state index contributed by atoms with van der Waals surface area (Å²) in [5.41, 5.74) is 1.39. The monoisotopic (exact) mass is 597 g/mol. The quantitative estimate of drug-likeness (QED) is 0.158. The molecule has 44 heavy (non-hydrogen) atoms. The number of carbonyl (C=O) groups excluding carboxylic acids is 4. The van der Waals surface area contributed by atoms with Crippen LogP contribution in [-0.4, -0.2) is 44.6 Å². The van der Waals surface area contributed by atoms with Crippen molar-refractivity contribution in [3.63, 3.8) is 0 Å². The van der Waals surface area contributed by atoms with E-state index < -0.39 is 23.8 Å². The minimum absolute atomic E-state index is 0.0347. The van der Waals surface area contributed by atoms with Gasteiger partial charge < -0.3 is 29.0 Å². The molecule has 0 spiro atoms. The van der Waals surface area contributed by atoms with E-state index in [0.717, 1.165) is 11.1 Å². The Morgan fingerprint density at radius 3 is 1.55 bits per heavy atom. The van der Waals surface area contributed by atoms with Gasteiger partial charge in [0.05, 0.1) is 43.2 Å². The molecule has 0 aliphatic rings. The van der Waals surface area contributed by atoms with Crippen molar-refractivity contribution in [2.24, 2.45) is 0 Å². The molecule has 4 aromatic rings. The molecule has 0 fully saturated rings. The number of nitrogens with one attached hydrogen (secondary N) is 1. The van der Waals surface area contributed by atoms with Gasteiger partial charge in [-0.2, -0.15) is 0 Å². The highest BCUT2D eigenvalue weighted by Crippen LogP contribution is 2.33. The number of para-hydroxylation sites is 1. The number of ether oxygens (including phenoxy) is 5. The SMILES string of the molecule is CCOC(=O)c1cc(OCc2ccccc2)c(C(=O)Nc2c(C(=O)OC)cccc2C(=O)OC)cc1OCc1ccccc1. The van der Waals surface area contributed by atoms with Gasteiger partial charge >= 0.3 is 17.9 Å². The van der Waals surface area contributed by atoms with Crippen LogP contribution in [0.4, 0.5) is 5.69 Å². The van der Waals surface area contributed by atoms with E-state index in [1.165, 1.54) is 44.6 Å². The lowest BCUT2D eigenvalue weighted by Gasteiger charge is -2.18. The second-order valence-electron chi connectivity index (χ2n) is 9.28. The average molecular weight is 598 g/mol. The third kappa shape index (κ3) is 7.60. The van der Waals surface area contributed by atoms with Crippen molar-refractivity contribution >= 4 is 29.5 Å². The molecule has 1 N–H and O–H groups in total. The van der Waals surface area contributed by atoms with E-state index in [1.54, 1.807) is 6.92 Å². The zero-order valence-corrected chi connectivity index (χ0v) is 24.5. The number of carbonyl (C=O) groups is 4. The fourth-order valence-electron chi connectivity index (χ4n) is 4.24. The molecule has 0 aromatic heterocycles. The molecule has 0 unspecified atom stereocenters. The maximum Gasteiger partial charge on any atom is 0.342 e. The third-order valence-corrected chi connectivity index (χ3v) is 6.41. The largest absolute Gasteiger partial charge is 0.488 e. The van der Waals surface area contributed by atoms with Gasteiger partial charge in [-0.1, -0.05) is 66.7 Å². The Morgan fingerprint density at radius 2 is 1.07 bits per heavy atom. The fraction of sp³-hybridized carbons (Fsp3) is 0.176. The van der Waals surface area contributed by atoms with Gasteiger partial charge in [-0.15, -0.1) is 0 Å². The molecule has 0 saturated heterocycles. The molecule has 1 amide bonds. The first-order valence-corrected chi connectivity index (χ1v) is 13.7. The lowest BCUT2D eigenvalue weighted by Crippen LogP contribution is -2.20. The summed E-state index contributed by atoms with van der Waals surface area (Å²) < 4.78 is 27.1. The number of methoxy groups -OCH3 is 2. The predicted molar refractivity (Wildman–Crippen MR) is 161 cm³/mol. The molecule has 10 heteroatoms. The van der Waals surface area contributed by atoms with Crippen LogP contribution in [0.25, 0.3) is 0 Å². The Kier molecular flexibility index (Phi) is 10.7. The fourth-order valence-corrected chi connectivity index (χ4v) is 4.24. The highest BCUT2D eigenvalue weighted by molar-refractivity contribution is 6.14. The van der Waals surface area contributed by atoms with Gasteiger partial charge in [0.1, 0.15) is 30.3 Å². The number of benzene rings is 4. The van der Waals surface area contributed by atoms with Gasteiger partial charge in [0.15, 0.2) is 0 Å². The first-order chi connectivity index (χ1) is 21.4. The summed E-state index contributed by atoms with van der Waals surface area (Å²) in [5, 5.41) is 2.65. The van der Waals surface area contributed by atoms with Crippen LogP contribution in [0.5, 0.6) is 11.5 Å². The summed E-state index contributed by atoms with van der Waals surface area (Å²) in [6, 6.07) is 25.5. The summed E-state index contributed by atoms with van der Waals surface area (Å²) in [7, 11) is 2.36. The Bertz CT molecular complexity index is 1600. The number of amides is 1. The Labute approximate surface area is 254 Å². The number of esters is 3. The lowest BCUT2D eigenvalue weighted by atomic mass is 10.0. The highest BCUT2D eigenvalue weighted by Gasteiger charge is 2.26. The summed E-state index contributed by atoms with van der Waals surface area (Å²) in [6.07, 6.45) is 0. The third-order valence-electron chi connectivity index (χ3n) is 6.41. The first kappa shape index (κ1) is 31.3. The van der Waals surface area contributed by atoms with Crippen molar-refractivity contribution in [2.45, 2.75) is 20.1 Å². The van der Waals surface area contributed by atoms with Crippen LogP contribution in [0.2, 0.25) is 0 Å². The Hall–Kier alpha value is -5.64. The van der Waals surface area contributed by atoms with E-state index in [2.05, 4.69) is 5.32 Å². The van der Waals surface area contributed by atoms with Crippen molar-refractivity contribution in [3.05, 3.63) is 124 Å². The maximum absolute atomic E-state index is 13.9. The van der Waals surface area contributed by atoms with E-state index in [-0.39, 0.29) is 59.3 Å². The normalized spacial score (nSPS) is 10.3. The predicted octanol–water partition coefficient (Wildman–Crippen LogP) is 5.85. The molecular formula is C34H31NO9. The van der Waals surface area contributed by atoms with Gasteiger partial charge in [-0.25, -0.2) is 14.4 Å². The van der Waals surface area contributed by atoms with E-state index in [4.69, 9.17) is 23.7 Å². The van der Waals surface area contributed by atoms with Crippen LogP contribution in [0.3, 0.4) is 0 Å². The zero-order valence-electron chi connectivity index (χ0n) is 24.5. The summed E-state index contributed by atoms with van der Waals surface area (Å²) in [6.45, 7) is 1.95. The lowest BCUT2D eigenvalue weighted by molar-refractivity contribution is 0.0518. The van der Waals surface area contributed by atoms with Crippen LogP contribution in [0.1, 0.15) is 59.5 Å². The number of hydrogen-bond donors (Lipinski definition) is 1. The standard InChI is InChI=1S/C34H31NO9/c1-4-42-34(39)27-19-28(43-20-22-12-7-5-8-13-22)26(18-29(27)44-21-23-14-9-6-10-15-23)31(36)35-30-24(32(37)40-2)16-11-17-25(30)33(38)41-3/h5-19H,4,20-21H2,1-3H3,(H,35,36). The van der Waals surface area contributed by atoms with Gasteiger partial charge in [0.2, 0.25) is 0 Å². The second kappa shape index (κ2) is 15.0. The van der Waals surface area contributed by atoms with Gasteiger partial charge in [0.25, 0.3) is 5.91 Å². The van der Waals surface area contributed by atoms with Crippen LogP contribution in [0.15, 0.2) is 91.0 Å². The molecule has 226 valence electrons. The number of anilines is 1. The molecule has 0 aliphatic heterocycles. The van der Waals surface area contributed by atoms with Crippen LogP contribution >= 0.6 is 0 Å². The molecular weight excluding hydrogens is 566 g/mol. The van der Waals surface area contributed by atoms with Crippen LogP contribution < -0.4 is 14.8 Å². The average Bonchev–Trinajstić information content (AvgIpc) is 3.06. The van der Waals surface area contributed by atoms with Gasteiger partial charge in [0, 0.05) is 0 Å². The number of rotatable bonds is 12. The minimum atomic E-state index is -0.781. The van der Waals surface area contributed by atoms with Crippen LogP contribution in [0, 0.1) is 0 Å². The van der Waals surface area contributed by atoms with Crippen molar-refractivity contribution in [3.8, 4) is 11.5 Å². The summed E-state index contributed by atoms with van der Waals surface area (Å²) in [5.74, 6) is -2.88. The highest BCUT2D eigenvalue weighted by atomic mass is 16.5. The van der Waals surface area contributed by atoms with Gasteiger partial charge in [-0.3, -0.25) is 4.79 Å². The summed E-state index contributed by atoms with van der Waals surface area (Å²) >= 11 is 0.